The molecule has 1 saturated heterocycles. The van der Waals surface area contributed by atoms with Crippen molar-refractivity contribution in [2.45, 2.75) is 12.5 Å². The van der Waals surface area contributed by atoms with Crippen LogP contribution < -0.4 is 5.32 Å². The van der Waals surface area contributed by atoms with Crippen LogP contribution in [0, 0.1) is 0 Å². The summed E-state index contributed by atoms with van der Waals surface area (Å²) in [5, 5.41) is 2.11. The molecule has 1 aliphatic rings. The molecule has 1 atom stereocenters. The molecule has 1 aromatic rings. The van der Waals surface area contributed by atoms with E-state index in [9.17, 15) is 9.59 Å². The molecule has 14 heavy (non-hydrogen) atoms. The minimum absolute atomic E-state index is 0.422. The first kappa shape index (κ1) is 8.74. The number of imide groups is 1. The molecule has 0 bridgehead atoms. The zero-order valence-corrected chi connectivity index (χ0v) is 7.61. The van der Waals surface area contributed by atoms with E-state index in [1.807, 2.05) is 6.07 Å². The van der Waals surface area contributed by atoms with Gasteiger partial charge in [-0.3, -0.25) is 10.1 Å². The fourth-order valence-electron chi connectivity index (χ4n) is 1.42. The van der Waals surface area contributed by atoms with Crippen molar-refractivity contribution in [1.82, 2.24) is 5.32 Å². The average Bonchev–Trinajstić information content (AvgIpc) is 2.43. The van der Waals surface area contributed by atoms with E-state index in [-0.39, 0.29) is 0 Å². The SMILES string of the molecule is C[C@@]1(c2ccccc2)OC(=O)NC1=O. The third-order valence-corrected chi connectivity index (χ3v) is 2.27. The Morgan fingerprint density at radius 2 is 1.86 bits per heavy atom. The summed E-state index contributed by atoms with van der Waals surface area (Å²) in [6.07, 6.45) is -0.693. The predicted octanol–water partition coefficient (Wildman–Crippen LogP) is 1.17. The van der Waals surface area contributed by atoms with Gasteiger partial charge in [0, 0.05) is 5.56 Å². The Balaban J connectivity index is 2.43. The molecule has 0 aromatic heterocycles. The fraction of sp³-hybridized carbons (Fsp3) is 0.200. The highest BCUT2D eigenvalue weighted by molar-refractivity contribution is 6.03. The molecule has 0 spiro atoms. The topological polar surface area (TPSA) is 55.4 Å². The van der Waals surface area contributed by atoms with Gasteiger partial charge in [0.2, 0.25) is 5.60 Å². The molecule has 4 heteroatoms. The van der Waals surface area contributed by atoms with Crippen LogP contribution in [0.25, 0.3) is 0 Å². The van der Waals surface area contributed by atoms with Crippen LogP contribution in [0.2, 0.25) is 0 Å². The number of amides is 2. The number of cyclic esters (lactones) is 1. The van der Waals surface area contributed by atoms with E-state index in [0.717, 1.165) is 0 Å². The summed E-state index contributed by atoms with van der Waals surface area (Å²) in [5.41, 5.74) is -0.512. The maximum Gasteiger partial charge on any atom is 0.415 e. The Kier molecular flexibility index (Phi) is 1.77. The first-order valence-electron chi connectivity index (χ1n) is 4.23. The van der Waals surface area contributed by atoms with Crippen LogP contribution in [-0.4, -0.2) is 12.0 Å². The number of nitrogens with one attached hydrogen (secondary N) is 1. The smallest absolute Gasteiger partial charge is 0.415 e. The van der Waals surface area contributed by atoms with E-state index < -0.39 is 17.6 Å². The number of hydrogen-bond donors (Lipinski definition) is 1. The van der Waals surface area contributed by atoms with Crippen LogP contribution >= 0.6 is 0 Å². The molecular formula is C10H9NO3. The number of rotatable bonds is 1. The van der Waals surface area contributed by atoms with Crippen molar-refractivity contribution >= 4 is 12.0 Å². The van der Waals surface area contributed by atoms with E-state index in [0.29, 0.717) is 5.56 Å². The molecule has 0 radical (unpaired) electrons. The average molecular weight is 191 g/mol. The second kappa shape index (κ2) is 2.83. The Morgan fingerprint density at radius 1 is 1.21 bits per heavy atom. The van der Waals surface area contributed by atoms with Crippen molar-refractivity contribution < 1.29 is 14.3 Å². The minimum Gasteiger partial charge on any atom is -0.428 e. The maximum atomic E-state index is 11.4. The standard InChI is InChI=1S/C10H9NO3/c1-10(7-5-3-2-4-6-7)8(12)11-9(13)14-10/h2-6H,1H3,(H,11,12,13)/t10-/m0/s1. The number of hydrogen-bond acceptors (Lipinski definition) is 3. The zero-order valence-electron chi connectivity index (χ0n) is 7.61. The molecule has 0 aliphatic carbocycles. The largest absolute Gasteiger partial charge is 0.428 e. The van der Waals surface area contributed by atoms with Crippen molar-refractivity contribution in [2.24, 2.45) is 0 Å². The third-order valence-electron chi connectivity index (χ3n) is 2.27. The number of carbonyl (C=O) groups excluding carboxylic acids is 2. The van der Waals surface area contributed by atoms with Crippen molar-refractivity contribution in [3.05, 3.63) is 35.9 Å². The van der Waals surface area contributed by atoms with Crippen molar-refractivity contribution in [2.75, 3.05) is 0 Å². The molecule has 1 heterocycles. The van der Waals surface area contributed by atoms with Gasteiger partial charge in [0.25, 0.3) is 5.91 Å². The lowest BCUT2D eigenvalue weighted by Crippen LogP contribution is -2.33. The Hall–Kier alpha value is -1.84. The van der Waals surface area contributed by atoms with Crippen LogP contribution in [0.1, 0.15) is 12.5 Å². The molecular weight excluding hydrogens is 182 g/mol. The van der Waals surface area contributed by atoms with Crippen LogP contribution in [0.4, 0.5) is 4.79 Å². The summed E-state index contributed by atoms with van der Waals surface area (Å²) in [5.74, 6) is -0.422. The highest BCUT2D eigenvalue weighted by Gasteiger charge is 2.46. The quantitative estimate of drug-likeness (QED) is 0.724. The van der Waals surface area contributed by atoms with E-state index in [1.54, 1.807) is 31.2 Å². The van der Waals surface area contributed by atoms with Gasteiger partial charge in [-0.15, -0.1) is 0 Å². The zero-order chi connectivity index (χ0) is 10.2. The molecule has 2 amide bonds. The van der Waals surface area contributed by atoms with Gasteiger partial charge in [0.05, 0.1) is 0 Å². The maximum absolute atomic E-state index is 11.4. The molecule has 1 aliphatic heterocycles. The Morgan fingerprint density at radius 3 is 2.36 bits per heavy atom. The van der Waals surface area contributed by atoms with Gasteiger partial charge in [-0.25, -0.2) is 4.79 Å². The summed E-state index contributed by atoms with van der Waals surface area (Å²) in [7, 11) is 0. The Labute approximate surface area is 80.9 Å². The van der Waals surface area contributed by atoms with Gasteiger partial charge in [-0.2, -0.15) is 0 Å². The number of carbonyl (C=O) groups is 2. The molecule has 1 fully saturated rings. The lowest BCUT2D eigenvalue weighted by Gasteiger charge is -2.18. The summed E-state index contributed by atoms with van der Waals surface area (Å²) >= 11 is 0. The monoisotopic (exact) mass is 191 g/mol. The van der Waals surface area contributed by atoms with Crippen molar-refractivity contribution in [1.29, 1.82) is 0 Å². The van der Waals surface area contributed by atoms with E-state index in [1.165, 1.54) is 0 Å². The van der Waals surface area contributed by atoms with Crippen LogP contribution in [0.5, 0.6) is 0 Å². The van der Waals surface area contributed by atoms with Gasteiger partial charge in [-0.1, -0.05) is 30.3 Å². The number of alkyl carbamates (subject to hydrolysis) is 1. The molecule has 1 N–H and O–H groups in total. The fourth-order valence-corrected chi connectivity index (χ4v) is 1.42. The number of ether oxygens (including phenoxy) is 1. The van der Waals surface area contributed by atoms with E-state index >= 15 is 0 Å². The molecule has 4 nitrogen and oxygen atoms in total. The molecule has 2 rings (SSSR count). The summed E-state index contributed by atoms with van der Waals surface area (Å²) < 4.78 is 4.95. The van der Waals surface area contributed by atoms with Gasteiger partial charge in [-0.05, 0) is 6.92 Å². The summed E-state index contributed by atoms with van der Waals surface area (Å²) in [4.78, 5) is 22.3. The van der Waals surface area contributed by atoms with Gasteiger partial charge < -0.3 is 4.74 Å². The van der Waals surface area contributed by atoms with Gasteiger partial charge in [0.15, 0.2) is 0 Å². The predicted molar refractivity (Wildman–Crippen MR) is 48.4 cm³/mol. The second-order valence-electron chi connectivity index (χ2n) is 3.24. The summed E-state index contributed by atoms with van der Waals surface area (Å²) in [6, 6.07) is 8.91. The molecule has 0 unspecified atom stereocenters. The minimum atomic E-state index is -1.18. The highest BCUT2D eigenvalue weighted by Crippen LogP contribution is 2.28. The normalized spacial score (nSPS) is 25.8. The summed E-state index contributed by atoms with van der Waals surface area (Å²) in [6.45, 7) is 1.57. The van der Waals surface area contributed by atoms with Crippen LogP contribution in [0.3, 0.4) is 0 Å². The second-order valence-corrected chi connectivity index (χ2v) is 3.24. The van der Waals surface area contributed by atoms with Gasteiger partial charge >= 0.3 is 6.09 Å². The van der Waals surface area contributed by atoms with Crippen LogP contribution in [0.15, 0.2) is 30.3 Å². The van der Waals surface area contributed by atoms with Crippen molar-refractivity contribution in [3.63, 3.8) is 0 Å². The lowest BCUT2D eigenvalue weighted by atomic mass is 9.96. The highest BCUT2D eigenvalue weighted by atomic mass is 16.6. The lowest BCUT2D eigenvalue weighted by molar-refractivity contribution is -0.130. The first-order chi connectivity index (χ1) is 6.63. The van der Waals surface area contributed by atoms with E-state index in [2.05, 4.69) is 5.32 Å². The van der Waals surface area contributed by atoms with Crippen LogP contribution in [-0.2, 0) is 15.1 Å². The third kappa shape index (κ3) is 1.16. The van der Waals surface area contributed by atoms with Crippen molar-refractivity contribution in [3.8, 4) is 0 Å². The molecule has 0 saturated carbocycles. The first-order valence-corrected chi connectivity index (χ1v) is 4.23. The number of benzene rings is 1. The van der Waals surface area contributed by atoms with Gasteiger partial charge in [0.1, 0.15) is 0 Å². The molecule has 1 aromatic carbocycles. The molecule has 72 valence electrons. The Bertz CT molecular complexity index is 388. The van der Waals surface area contributed by atoms with E-state index in [4.69, 9.17) is 4.74 Å².